The average Bonchev–Trinajstić information content (AvgIpc) is 2.42. The number of rotatable bonds is 5. The van der Waals surface area contributed by atoms with Crippen molar-refractivity contribution in [3.8, 4) is 11.1 Å². The van der Waals surface area contributed by atoms with Gasteiger partial charge in [0, 0.05) is 24.3 Å². The second kappa shape index (κ2) is 10.1. The number of pyridine rings is 2. The van der Waals surface area contributed by atoms with Crippen molar-refractivity contribution in [2.45, 2.75) is 39.5 Å². The molecule has 2 aromatic rings. The monoisotopic (exact) mass is 400 g/mol. The Labute approximate surface area is 142 Å². The van der Waals surface area contributed by atoms with E-state index < -0.39 is 0 Å². The second-order valence-corrected chi connectivity index (χ2v) is 4.52. The van der Waals surface area contributed by atoms with Crippen LogP contribution in [0, 0.1) is 0 Å². The van der Waals surface area contributed by atoms with Crippen LogP contribution in [0.2, 0.25) is 0 Å². The largest absolute Gasteiger partial charge is 0.265 e. The van der Waals surface area contributed by atoms with Crippen molar-refractivity contribution in [2.75, 3.05) is 0 Å². The molecule has 2 nitrogen and oxygen atoms in total. The zero-order valence-corrected chi connectivity index (χ0v) is 15.4. The predicted octanol–water partition coefficient (Wildman–Crippen LogP) is 5.20. The van der Waals surface area contributed by atoms with E-state index in [2.05, 4.69) is 42.0 Å². The molecular weight excluding hydrogens is 380 g/mol. The van der Waals surface area contributed by atoms with Crippen molar-refractivity contribution in [2.24, 2.45) is 0 Å². The van der Waals surface area contributed by atoms with Crippen molar-refractivity contribution < 1.29 is 0 Å². The molecule has 2 rings (SSSR count). The Balaban J connectivity index is 0.00000180. The molecule has 0 atom stereocenters. The van der Waals surface area contributed by atoms with Crippen molar-refractivity contribution in [3.05, 3.63) is 48.0 Å². The summed E-state index contributed by atoms with van der Waals surface area (Å²) in [4.78, 5) is 8.65. The van der Waals surface area contributed by atoms with Gasteiger partial charge in [0.15, 0.2) is 0 Å². The highest BCUT2D eigenvalue weighted by molar-refractivity contribution is 8.93. The minimum absolute atomic E-state index is 0. The van der Waals surface area contributed by atoms with E-state index in [9.17, 15) is 0 Å². The molecule has 0 bridgehead atoms. The number of hydrogen-bond acceptors (Lipinski definition) is 2. The summed E-state index contributed by atoms with van der Waals surface area (Å²) in [6.07, 6.45) is 10.1. The zero-order valence-electron chi connectivity index (χ0n) is 12.0. The summed E-state index contributed by atoms with van der Waals surface area (Å²) in [7, 11) is 0. The first-order valence-corrected chi connectivity index (χ1v) is 6.74. The zero-order chi connectivity index (χ0) is 12.8. The van der Waals surface area contributed by atoms with Crippen LogP contribution in [0.3, 0.4) is 0 Å². The molecule has 0 unspecified atom stereocenters. The van der Waals surface area contributed by atoms with Gasteiger partial charge < -0.3 is 0 Å². The number of nitrogens with zero attached hydrogens (tertiary/aromatic N) is 2. The molecule has 110 valence electrons. The molecule has 0 aromatic carbocycles. The minimum Gasteiger partial charge on any atom is -0.265 e. The number of aryl methyl sites for hydroxylation is 1. The first-order chi connectivity index (χ1) is 8.86. The van der Waals surface area contributed by atoms with E-state index >= 15 is 0 Å². The standard InChI is InChI=1S/C16H20N2.2BrH/c1-3-5-15-14(13-7-10-17-11-8-13)9-12-18-16(15)6-4-2;;/h7-12H,3-6H2,1-2H3;2*1H. The lowest BCUT2D eigenvalue weighted by Gasteiger charge is -2.13. The highest BCUT2D eigenvalue weighted by Gasteiger charge is 2.09. The molecule has 0 saturated carbocycles. The maximum Gasteiger partial charge on any atom is 0.0441 e. The van der Waals surface area contributed by atoms with E-state index in [4.69, 9.17) is 0 Å². The summed E-state index contributed by atoms with van der Waals surface area (Å²) in [5, 5.41) is 0. The predicted molar refractivity (Wildman–Crippen MR) is 96.1 cm³/mol. The fraction of sp³-hybridized carbons (Fsp3) is 0.375. The van der Waals surface area contributed by atoms with Crippen LogP contribution in [0.25, 0.3) is 11.1 Å². The molecule has 0 fully saturated rings. The normalized spacial score (nSPS) is 9.50. The van der Waals surface area contributed by atoms with Crippen LogP contribution in [0.5, 0.6) is 0 Å². The van der Waals surface area contributed by atoms with Crippen molar-refractivity contribution in [3.63, 3.8) is 0 Å². The third kappa shape index (κ3) is 4.67. The molecule has 4 heteroatoms. The van der Waals surface area contributed by atoms with E-state index in [-0.39, 0.29) is 34.0 Å². The number of halogens is 2. The lowest BCUT2D eigenvalue weighted by molar-refractivity contribution is 0.830. The van der Waals surface area contributed by atoms with Gasteiger partial charge in [-0.2, -0.15) is 0 Å². The Bertz CT molecular complexity index is 501. The van der Waals surface area contributed by atoms with Gasteiger partial charge in [-0.25, -0.2) is 0 Å². The molecule has 2 aromatic heterocycles. The van der Waals surface area contributed by atoms with Gasteiger partial charge in [-0.1, -0.05) is 26.7 Å². The number of aromatic nitrogens is 2. The summed E-state index contributed by atoms with van der Waals surface area (Å²) in [6, 6.07) is 6.27. The quantitative estimate of drug-likeness (QED) is 0.687. The van der Waals surface area contributed by atoms with E-state index in [1.807, 2.05) is 18.6 Å². The van der Waals surface area contributed by atoms with Gasteiger partial charge in [0.1, 0.15) is 0 Å². The molecule has 20 heavy (non-hydrogen) atoms. The van der Waals surface area contributed by atoms with Gasteiger partial charge in [0.25, 0.3) is 0 Å². The molecule has 0 aliphatic carbocycles. The molecular formula is C16H22Br2N2. The summed E-state index contributed by atoms with van der Waals surface area (Å²) in [6.45, 7) is 4.43. The van der Waals surface area contributed by atoms with E-state index in [1.54, 1.807) is 0 Å². The maximum atomic E-state index is 4.56. The average molecular weight is 402 g/mol. The highest BCUT2D eigenvalue weighted by atomic mass is 79.9. The lowest BCUT2D eigenvalue weighted by atomic mass is 9.95. The van der Waals surface area contributed by atoms with Crippen LogP contribution in [-0.2, 0) is 12.8 Å². The smallest absolute Gasteiger partial charge is 0.0441 e. The molecule has 0 N–H and O–H groups in total. The Kier molecular flexibility index (Phi) is 9.68. The van der Waals surface area contributed by atoms with Gasteiger partial charge in [-0.05, 0) is 47.7 Å². The summed E-state index contributed by atoms with van der Waals surface area (Å²) in [5.41, 5.74) is 5.23. The summed E-state index contributed by atoms with van der Waals surface area (Å²) >= 11 is 0. The highest BCUT2D eigenvalue weighted by Crippen LogP contribution is 2.26. The molecule has 2 heterocycles. The van der Waals surface area contributed by atoms with Crippen LogP contribution in [-0.4, -0.2) is 9.97 Å². The fourth-order valence-corrected chi connectivity index (χ4v) is 2.32. The van der Waals surface area contributed by atoms with Gasteiger partial charge in [-0.15, -0.1) is 34.0 Å². The first-order valence-electron chi connectivity index (χ1n) is 6.74. The summed E-state index contributed by atoms with van der Waals surface area (Å²) in [5.74, 6) is 0. The van der Waals surface area contributed by atoms with Crippen LogP contribution in [0.15, 0.2) is 36.8 Å². The van der Waals surface area contributed by atoms with Crippen LogP contribution >= 0.6 is 34.0 Å². The van der Waals surface area contributed by atoms with E-state index in [0.717, 1.165) is 25.7 Å². The molecule has 0 amide bonds. The Morgan fingerprint density at radius 1 is 0.850 bits per heavy atom. The van der Waals surface area contributed by atoms with Crippen LogP contribution in [0.4, 0.5) is 0 Å². The number of hydrogen-bond donors (Lipinski definition) is 0. The van der Waals surface area contributed by atoms with Crippen molar-refractivity contribution >= 4 is 34.0 Å². The third-order valence-electron chi connectivity index (χ3n) is 3.12. The van der Waals surface area contributed by atoms with Gasteiger partial charge in [0.05, 0.1) is 0 Å². The topological polar surface area (TPSA) is 25.8 Å². The lowest BCUT2D eigenvalue weighted by Crippen LogP contribution is -2.00. The second-order valence-electron chi connectivity index (χ2n) is 4.52. The summed E-state index contributed by atoms with van der Waals surface area (Å²) < 4.78 is 0. The van der Waals surface area contributed by atoms with Gasteiger partial charge in [0.2, 0.25) is 0 Å². The van der Waals surface area contributed by atoms with E-state index in [0.29, 0.717) is 0 Å². The van der Waals surface area contributed by atoms with Crippen LogP contribution in [0.1, 0.15) is 37.9 Å². The van der Waals surface area contributed by atoms with E-state index in [1.165, 1.54) is 22.4 Å². The molecule has 0 saturated heterocycles. The van der Waals surface area contributed by atoms with Crippen LogP contribution < -0.4 is 0 Å². The Hall–Kier alpha value is -0.740. The van der Waals surface area contributed by atoms with Gasteiger partial charge in [-0.3, -0.25) is 9.97 Å². The Morgan fingerprint density at radius 3 is 2.10 bits per heavy atom. The van der Waals surface area contributed by atoms with Gasteiger partial charge >= 0.3 is 0 Å². The third-order valence-corrected chi connectivity index (χ3v) is 3.12. The Morgan fingerprint density at radius 2 is 1.50 bits per heavy atom. The van der Waals surface area contributed by atoms with Crippen molar-refractivity contribution in [1.82, 2.24) is 9.97 Å². The first kappa shape index (κ1) is 19.3. The van der Waals surface area contributed by atoms with Crippen molar-refractivity contribution in [1.29, 1.82) is 0 Å². The minimum atomic E-state index is 0. The fourth-order valence-electron chi connectivity index (χ4n) is 2.32. The molecule has 0 aliphatic heterocycles. The maximum absolute atomic E-state index is 4.56. The molecule has 0 spiro atoms. The molecule has 0 radical (unpaired) electrons. The SMILES string of the molecule is Br.Br.CCCc1nccc(-c2ccncc2)c1CCC. The molecule has 0 aliphatic rings.